The first-order valence-corrected chi connectivity index (χ1v) is 11.4. The lowest BCUT2D eigenvalue weighted by Crippen LogP contribution is -2.55. The predicted molar refractivity (Wildman–Crippen MR) is 121 cm³/mol. The van der Waals surface area contributed by atoms with Crippen molar-refractivity contribution in [3.05, 3.63) is 53.1 Å². The van der Waals surface area contributed by atoms with Crippen molar-refractivity contribution < 1.29 is 32.2 Å². The van der Waals surface area contributed by atoms with E-state index in [2.05, 4.69) is 9.73 Å². The zero-order valence-electron chi connectivity index (χ0n) is 18.5. The van der Waals surface area contributed by atoms with Gasteiger partial charge in [-0.15, -0.1) is 0 Å². The van der Waals surface area contributed by atoms with Crippen LogP contribution in [-0.2, 0) is 19.9 Å². The highest BCUT2D eigenvalue weighted by molar-refractivity contribution is 6.30. The first-order chi connectivity index (χ1) is 16.5. The summed E-state index contributed by atoms with van der Waals surface area (Å²) >= 11 is 6.16. The lowest BCUT2D eigenvalue weighted by atomic mass is 9.66. The van der Waals surface area contributed by atoms with Crippen LogP contribution in [0.4, 0.5) is 13.2 Å². The maximum atomic E-state index is 13.6. The van der Waals surface area contributed by atoms with Crippen LogP contribution < -0.4 is 10.5 Å². The summed E-state index contributed by atoms with van der Waals surface area (Å²) in [5, 5.41) is 0.553. The fraction of sp³-hybridized carbons (Fsp3) is 0.375. The fourth-order valence-corrected chi connectivity index (χ4v) is 5.44. The molecule has 2 aliphatic heterocycles. The summed E-state index contributed by atoms with van der Waals surface area (Å²) in [6, 6.07) is 12.6. The molecular formula is C24H21ClF3N3O4. The Morgan fingerprint density at radius 2 is 1.97 bits per heavy atom. The van der Waals surface area contributed by atoms with E-state index in [4.69, 9.17) is 22.1 Å². The minimum absolute atomic E-state index is 0.00383. The number of nitrogens with zero attached hydrogens (tertiary/aromatic N) is 2. The van der Waals surface area contributed by atoms with E-state index < -0.39 is 35.8 Å². The Morgan fingerprint density at radius 1 is 1.23 bits per heavy atom. The molecule has 2 N–H and O–H groups in total. The Balaban J connectivity index is 1.56. The van der Waals surface area contributed by atoms with Crippen LogP contribution in [0.15, 0.2) is 47.5 Å². The van der Waals surface area contributed by atoms with Gasteiger partial charge < -0.3 is 15.2 Å². The lowest BCUT2D eigenvalue weighted by molar-refractivity contribution is -0.208. The van der Waals surface area contributed by atoms with E-state index in [-0.39, 0.29) is 31.1 Å². The third-order valence-corrected chi connectivity index (χ3v) is 7.11. The van der Waals surface area contributed by atoms with Crippen LogP contribution in [0.3, 0.4) is 0 Å². The van der Waals surface area contributed by atoms with Gasteiger partial charge in [-0.3, -0.25) is 9.69 Å². The van der Waals surface area contributed by atoms with Crippen molar-refractivity contribution >= 4 is 29.4 Å². The monoisotopic (exact) mass is 507 g/mol. The number of guanidine groups is 1. The zero-order chi connectivity index (χ0) is 25.1. The van der Waals surface area contributed by atoms with Crippen molar-refractivity contribution in [2.24, 2.45) is 16.6 Å². The van der Waals surface area contributed by atoms with Crippen molar-refractivity contribution in [2.45, 2.75) is 43.2 Å². The molecule has 0 bridgehead atoms. The van der Waals surface area contributed by atoms with Gasteiger partial charge in [-0.05, 0) is 48.2 Å². The van der Waals surface area contributed by atoms with E-state index in [1.54, 1.807) is 24.3 Å². The SMILES string of the molecule is CN1C(=O)C2(N=C1N)c1cc(-c3cccc(Cl)c3)ccc1OC1CC(OC(=O)C(F)(F)F)CCC12. The highest BCUT2D eigenvalue weighted by Crippen LogP contribution is 2.54. The molecule has 4 unspecified atom stereocenters. The molecule has 1 spiro atoms. The molecule has 0 aromatic heterocycles. The summed E-state index contributed by atoms with van der Waals surface area (Å²) in [6.45, 7) is 0. The second-order valence-electron chi connectivity index (χ2n) is 8.92. The predicted octanol–water partition coefficient (Wildman–Crippen LogP) is 4.02. The number of esters is 1. The fourth-order valence-electron chi connectivity index (χ4n) is 5.25. The molecule has 11 heteroatoms. The third-order valence-electron chi connectivity index (χ3n) is 6.88. The number of carbonyl (C=O) groups is 2. The Hall–Kier alpha value is -3.27. The topological polar surface area (TPSA) is 94.2 Å². The normalized spacial score (nSPS) is 27.7. The number of hydrogen-bond acceptors (Lipinski definition) is 6. The van der Waals surface area contributed by atoms with Crippen molar-refractivity contribution in [1.82, 2.24) is 4.90 Å². The van der Waals surface area contributed by atoms with Crippen molar-refractivity contribution in [3.8, 4) is 16.9 Å². The Kier molecular flexibility index (Phi) is 5.47. The van der Waals surface area contributed by atoms with Crippen LogP contribution >= 0.6 is 11.6 Å². The van der Waals surface area contributed by atoms with Gasteiger partial charge in [0.25, 0.3) is 5.91 Å². The van der Waals surface area contributed by atoms with Crippen molar-refractivity contribution in [3.63, 3.8) is 0 Å². The summed E-state index contributed by atoms with van der Waals surface area (Å²) in [5.41, 5.74) is 6.81. The van der Waals surface area contributed by atoms with Gasteiger partial charge in [-0.2, -0.15) is 13.2 Å². The number of amides is 1. The molecule has 1 fully saturated rings. The molecule has 0 saturated heterocycles. The van der Waals surface area contributed by atoms with Crippen LogP contribution in [0.2, 0.25) is 5.02 Å². The van der Waals surface area contributed by atoms with E-state index in [0.717, 1.165) is 11.1 Å². The van der Waals surface area contributed by atoms with Gasteiger partial charge in [0.05, 0.1) is 0 Å². The van der Waals surface area contributed by atoms with Crippen LogP contribution in [0.25, 0.3) is 11.1 Å². The van der Waals surface area contributed by atoms with Crippen molar-refractivity contribution in [2.75, 3.05) is 7.05 Å². The second kappa shape index (κ2) is 8.15. The van der Waals surface area contributed by atoms with Gasteiger partial charge in [0.15, 0.2) is 11.5 Å². The maximum absolute atomic E-state index is 13.6. The second-order valence-corrected chi connectivity index (χ2v) is 9.36. The van der Waals surface area contributed by atoms with Gasteiger partial charge in [-0.25, -0.2) is 9.79 Å². The summed E-state index contributed by atoms with van der Waals surface area (Å²) < 4.78 is 49.0. The van der Waals surface area contributed by atoms with Crippen LogP contribution in [-0.4, -0.2) is 48.2 Å². The van der Waals surface area contributed by atoms with E-state index in [1.165, 1.54) is 11.9 Å². The largest absolute Gasteiger partial charge is 0.490 e. The quantitative estimate of drug-likeness (QED) is 0.620. The molecular weight excluding hydrogens is 487 g/mol. The molecule has 2 aromatic rings. The van der Waals surface area contributed by atoms with Crippen molar-refractivity contribution in [1.29, 1.82) is 0 Å². The molecule has 7 nitrogen and oxygen atoms in total. The molecule has 1 aliphatic carbocycles. The third kappa shape index (κ3) is 3.80. The molecule has 35 heavy (non-hydrogen) atoms. The molecule has 1 amide bonds. The summed E-state index contributed by atoms with van der Waals surface area (Å²) in [6.07, 6.45) is -6.41. The van der Waals surface area contributed by atoms with Gasteiger partial charge in [0, 0.05) is 30.0 Å². The van der Waals surface area contributed by atoms with E-state index >= 15 is 0 Å². The summed E-state index contributed by atoms with van der Waals surface area (Å²) in [5.74, 6) is -2.68. The number of alkyl halides is 3. The number of likely N-dealkylation sites (N-methyl/N-ethyl adjacent to an activating group) is 1. The molecule has 2 heterocycles. The Labute approximate surface area is 203 Å². The van der Waals surface area contributed by atoms with Gasteiger partial charge in [-0.1, -0.05) is 29.8 Å². The maximum Gasteiger partial charge on any atom is 0.490 e. The van der Waals surface area contributed by atoms with E-state index in [0.29, 0.717) is 16.3 Å². The molecule has 1 saturated carbocycles. The Morgan fingerprint density at radius 3 is 2.63 bits per heavy atom. The van der Waals surface area contributed by atoms with Gasteiger partial charge >= 0.3 is 12.1 Å². The number of rotatable bonds is 2. The Bertz CT molecular complexity index is 1250. The number of nitrogens with two attached hydrogens (primary N) is 1. The highest BCUT2D eigenvalue weighted by atomic mass is 35.5. The van der Waals surface area contributed by atoms with Crippen LogP contribution in [0, 0.1) is 5.92 Å². The number of fused-ring (bicyclic) bond motifs is 4. The summed E-state index contributed by atoms with van der Waals surface area (Å²) in [4.78, 5) is 30.9. The minimum Gasteiger partial charge on any atom is -0.489 e. The standard InChI is InChI=1S/C24H21ClF3N3O4/c1-31-20(32)23(30-22(31)29)16-7-6-15(34-21(33)24(26,27)28)11-19(16)35-18-8-5-13(10-17(18)23)12-3-2-4-14(25)9-12/h2-5,8-10,15-16,19H,6-7,11H2,1H3,(H2,29,30). The number of ether oxygens (including phenoxy) is 2. The molecule has 5 rings (SSSR count). The van der Waals surface area contributed by atoms with Gasteiger partial charge in [0.1, 0.15) is 18.0 Å². The van der Waals surface area contributed by atoms with E-state index in [1.807, 2.05) is 18.2 Å². The number of halogens is 4. The molecule has 0 radical (unpaired) electrons. The highest BCUT2D eigenvalue weighted by Gasteiger charge is 2.61. The molecule has 2 aromatic carbocycles. The molecule has 184 valence electrons. The van der Waals surface area contributed by atoms with Crippen LogP contribution in [0.5, 0.6) is 5.75 Å². The molecule has 3 aliphatic rings. The summed E-state index contributed by atoms with van der Waals surface area (Å²) in [7, 11) is 1.53. The average molecular weight is 508 g/mol. The lowest BCUT2D eigenvalue weighted by Gasteiger charge is -2.47. The molecule has 4 atom stereocenters. The van der Waals surface area contributed by atoms with E-state index in [9.17, 15) is 22.8 Å². The average Bonchev–Trinajstić information content (AvgIpc) is 3.03. The number of hydrogen-bond donors (Lipinski definition) is 1. The number of benzene rings is 2. The number of carbonyl (C=O) groups excluding carboxylic acids is 2. The number of aliphatic imine (C=N–C) groups is 1. The van der Waals surface area contributed by atoms with Crippen LogP contribution in [0.1, 0.15) is 24.8 Å². The first kappa shape index (κ1) is 23.5. The smallest absolute Gasteiger partial charge is 0.489 e. The zero-order valence-corrected chi connectivity index (χ0v) is 19.3. The first-order valence-electron chi connectivity index (χ1n) is 11.0. The van der Waals surface area contributed by atoms with Gasteiger partial charge in [0.2, 0.25) is 0 Å². The minimum atomic E-state index is -5.09.